The minimum absolute atomic E-state index is 0.0482. The highest BCUT2D eigenvalue weighted by Crippen LogP contribution is 2.41. The van der Waals surface area contributed by atoms with Crippen LogP contribution in [0.25, 0.3) is 0 Å². The highest BCUT2D eigenvalue weighted by molar-refractivity contribution is 5.75. The number of carbonyl (C=O) groups is 1. The van der Waals surface area contributed by atoms with E-state index in [0.717, 1.165) is 29.9 Å². The molecular formula is C17H25N5O2. The van der Waals surface area contributed by atoms with Crippen LogP contribution >= 0.6 is 0 Å². The number of nitrogens with one attached hydrogen (secondary N) is 2. The Hall–Kier alpha value is -2.31. The van der Waals surface area contributed by atoms with Gasteiger partial charge in [0.25, 0.3) is 0 Å². The van der Waals surface area contributed by atoms with Gasteiger partial charge in [0, 0.05) is 19.0 Å². The van der Waals surface area contributed by atoms with Crippen molar-refractivity contribution in [3.05, 3.63) is 35.3 Å². The van der Waals surface area contributed by atoms with Crippen LogP contribution < -0.4 is 10.6 Å². The van der Waals surface area contributed by atoms with E-state index in [0.29, 0.717) is 5.82 Å². The molecule has 0 spiro atoms. The van der Waals surface area contributed by atoms with Gasteiger partial charge in [-0.05, 0) is 31.7 Å². The average molecular weight is 331 g/mol. The van der Waals surface area contributed by atoms with Gasteiger partial charge < -0.3 is 19.6 Å². The van der Waals surface area contributed by atoms with Crippen molar-refractivity contribution in [1.29, 1.82) is 0 Å². The number of aromatic nitrogens is 3. The number of amides is 2. The summed E-state index contributed by atoms with van der Waals surface area (Å²) in [5, 5.41) is 13.9. The molecule has 24 heavy (non-hydrogen) atoms. The van der Waals surface area contributed by atoms with Crippen molar-refractivity contribution in [2.24, 2.45) is 12.5 Å². The van der Waals surface area contributed by atoms with E-state index in [1.807, 2.05) is 27.0 Å². The topological polar surface area (TPSA) is 85.0 Å². The Morgan fingerprint density at radius 1 is 1.50 bits per heavy atom. The number of aryl methyl sites for hydroxylation is 2. The third-order valence-corrected chi connectivity index (χ3v) is 4.52. The van der Waals surface area contributed by atoms with Gasteiger partial charge in [-0.1, -0.05) is 13.8 Å². The predicted octanol–water partition coefficient (Wildman–Crippen LogP) is 2.79. The summed E-state index contributed by atoms with van der Waals surface area (Å²) in [5.74, 6) is 2.58. The standard InChI is InChI=1S/C17H25N5O2/c1-10-6-12-13(7-17(3,4)8-14(12)24-10)20-16(23)19-11(2)15-21-18-9-22(15)5/h6,9,11,13H,7-8H2,1-5H3,(H2,19,20,23). The lowest BCUT2D eigenvalue weighted by Gasteiger charge is -2.34. The third-order valence-electron chi connectivity index (χ3n) is 4.52. The maximum atomic E-state index is 12.4. The molecule has 2 atom stereocenters. The smallest absolute Gasteiger partial charge is 0.315 e. The largest absolute Gasteiger partial charge is 0.466 e. The summed E-state index contributed by atoms with van der Waals surface area (Å²) in [6.45, 7) is 8.23. The van der Waals surface area contributed by atoms with Crippen LogP contribution in [0.4, 0.5) is 4.79 Å². The second-order valence-electron chi connectivity index (χ2n) is 7.47. The first-order valence-corrected chi connectivity index (χ1v) is 8.25. The molecule has 0 aliphatic heterocycles. The van der Waals surface area contributed by atoms with E-state index in [2.05, 4.69) is 34.7 Å². The highest BCUT2D eigenvalue weighted by Gasteiger charge is 2.35. The van der Waals surface area contributed by atoms with Gasteiger partial charge in [0.1, 0.15) is 17.8 Å². The van der Waals surface area contributed by atoms with Gasteiger partial charge in [0.05, 0.1) is 12.1 Å². The molecule has 1 aliphatic rings. The molecule has 7 nitrogen and oxygen atoms in total. The number of hydrogen-bond donors (Lipinski definition) is 2. The Bertz CT molecular complexity index is 746. The average Bonchev–Trinajstić information content (AvgIpc) is 3.02. The molecule has 0 radical (unpaired) electrons. The molecule has 2 heterocycles. The molecule has 3 rings (SSSR count). The van der Waals surface area contributed by atoms with Crippen LogP contribution in [-0.2, 0) is 13.5 Å². The molecule has 2 unspecified atom stereocenters. The Labute approximate surface area is 141 Å². The van der Waals surface area contributed by atoms with Crippen LogP contribution in [0.1, 0.15) is 62.2 Å². The second-order valence-corrected chi connectivity index (χ2v) is 7.47. The Balaban J connectivity index is 1.71. The third kappa shape index (κ3) is 3.29. The summed E-state index contributed by atoms with van der Waals surface area (Å²) in [4.78, 5) is 12.4. The molecular weight excluding hydrogens is 306 g/mol. The summed E-state index contributed by atoms with van der Waals surface area (Å²) in [6, 6.07) is 1.55. The predicted molar refractivity (Wildman–Crippen MR) is 89.4 cm³/mol. The molecule has 0 aromatic carbocycles. The van der Waals surface area contributed by atoms with Crippen molar-refractivity contribution in [2.45, 2.75) is 52.6 Å². The number of nitrogens with zero attached hydrogens (tertiary/aromatic N) is 3. The van der Waals surface area contributed by atoms with E-state index >= 15 is 0 Å². The van der Waals surface area contributed by atoms with Gasteiger partial charge in [0.2, 0.25) is 0 Å². The quantitative estimate of drug-likeness (QED) is 0.905. The molecule has 2 amide bonds. The molecule has 0 fully saturated rings. The molecule has 2 aromatic rings. The van der Waals surface area contributed by atoms with Gasteiger partial charge in [-0.3, -0.25) is 0 Å². The van der Waals surface area contributed by atoms with Gasteiger partial charge >= 0.3 is 6.03 Å². The van der Waals surface area contributed by atoms with Gasteiger partial charge in [0.15, 0.2) is 5.82 Å². The summed E-state index contributed by atoms with van der Waals surface area (Å²) in [7, 11) is 1.86. The van der Waals surface area contributed by atoms with Crippen molar-refractivity contribution in [1.82, 2.24) is 25.4 Å². The van der Waals surface area contributed by atoms with Gasteiger partial charge in [-0.25, -0.2) is 4.79 Å². The number of hydrogen-bond acceptors (Lipinski definition) is 4. The normalized spacial score (nSPS) is 20.3. The lowest BCUT2D eigenvalue weighted by Crippen LogP contribution is -2.42. The van der Waals surface area contributed by atoms with E-state index in [9.17, 15) is 4.79 Å². The molecule has 130 valence electrons. The summed E-state index contributed by atoms with van der Waals surface area (Å²) in [5.41, 5.74) is 1.18. The zero-order valence-corrected chi connectivity index (χ0v) is 14.9. The number of urea groups is 1. The van der Waals surface area contributed by atoms with Crippen molar-refractivity contribution in [2.75, 3.05) is 0 Å². The van der Waals surface area contributed by atoms with E-state index in [4.69, 9.17) is 4.42 Å². The second kappa shape index (κ2) is 5.96. The van der Waals surface area contributed by atoms with Crippen LogP contribution in [0, 0.1) is 12.3 Å². The van der Waals surface area contributed by atoms with Crippen LogP contribution in [0.2, 0.25) is 0 Å². The molecule has 2 N–H and O–H groups in total. The fourth-order valence-corrected chi connectivity index (χ4v) is 3.46. The zero-order valence-electron chi connectivity index (χ0n) is 14.9. The Morgan fingerprint density at radius 3 is 2.92 bits per heavy atom. The van der Waals surface area contributed by atoms with Crippen molar-refractivity contribution >= 4 is 6.03 Å². The lowest BCUT2D eigenvalue weighted by molar-refractivity contribution is 0.212. The molecule has 2 aromatic heterocycles. The molecule has 7 heteroatoms. The Kier molecular flexibility index (Phi) is 4.11. The van der Waals surface area contributed by atoms with Crippen LogP contribution in [0.15, 0.2) is 16.8 Å². The van der Waals surface area contributed by atoms with Crippen LogP contribution in [-0.4, -0.2) is 20.8 Å². The molecule has 0 saturated heterocycles. The van der Waals surface area contributed by atoms with Gasteiger partial charge in [-0.15, -0.1) is 10.2 Å². The first-order valence-electron chi connectivity index (χ1n) is 8.25. The molecule has 0 saturated carbocycles. The van der Waals surface area contributed by atoms with Crippen molar-refractivity contribution in [3.8, 4) is 0 Å². The monoisotopic (exact) mass is 331 g/mol. The van der Waals surface area contributed by atoms with E-state index in [1.165, 1.54) is 0 Å². The van der Waals surface area contributed by atoms with E-state index in [1.54, 1.807) is 10.9 Å². The summed E-state index contributed by atoms with van der Waals surface area (Å²) < 4.78 is 7.61. The Morgan fingerprint density at radius 2 is 2.25 bits per heavy atom. The van der Waals surface area contributed by atoms with Crippen molar-refractivity contribution < 1.29 is 9.21 Å². The maximum Gasteiger partial charge on any atom is 0.315 e. The fraction of sp³-hybridized carbons (Fsp3) is 0.588. The minimum Gasteiger partial charge on any atom is -0.466 e. The number of fused-ring (bicyclic) bond motifs is 1. The van der Waals surface area contributed by atoms with Crippen molar-refractivity contribution in [3.63, 3.8) is 0 Å². The number of carbonyl (C=O) groups excluding carboxylic acids is 1. The van der Waals surface area contributed by atoms with E-state index < -0.39 is 0 Å². The summed E-state index contributed by atoms with van der Waals surface area (Å²) in [6.07, 6.45) is 3.39. The van der Waals surface area contributed by atoms with Crippen LogP contribution in [0.5, 0.6) is 0 Å². The van der Waals surface area contributed by atoms with E-state index in [-0.39, 0.29) is 23.5 Å². The molecule has 0 bridgehead atoms. The SMILES string of the molecule is Cc1cc2c(o1)CC(C)(C)CC2NC(=O)NC(C)c1nncn1C. The first-order chi connectivity index (χ1) is 11.2. The summed E-state index contributed by atoms with van der Waals surface area (Å²) >= 11 is 0. The highest BCUT2D eigenvalue weighted by atomic mass is 16.3. The number of furan rings is 1. The van der Waals surface area contributed by atoms with Gasteiger partial charge in [-0.2, -0.15) is 0 Å². The lowest BCUT2D eigenvalue weighted by atomic mass is 9.75. The first kappa shape index (κ1) is 16.5. The zero-order chi connectivity index (χ0) is 17.5. The van der Waals surface area contributed by atoms with Crippen LogP contribution in [0.3, 0.4) is 0 Å². The minimum atomic E-state index is -0.223. The molecule has 1 aliphatic carbocycles. The number of rotatable bonds is 3. The fourth-order valence-electron chi connectivity index (χ4n) is 3.46. The maximum absolute atomic E-state index is 12.4.